The number of rotatable bonds is 48. The molecule has 0 radical (unpaired) electrons. The average molecular weight is 865 g/mol. The monoisotopic (exact) mass is 865 g/mol. The number of ether oxygens (including phenoxy) is 3. The van der Waals surface area contributed by atoms with Crippen LogP contribution in [-0.2, 0) is 23.8 Å². The van der Waals surface area contributed by atoms with Crippen LogP contribution < -0.4 is 0 Å². The predicted molar refractivity (Wildman–Crippen MR) is 270 cm³/mol. The Labute approximate surface area is 385 Å². The van der Waals surface area contributed by atoms with Crippen molar-refractivity contribution in [3.63, 3.8) is 0 Å². The molecule has 0 saturated heterocycles. The van der Waals surface area contributed by atoms with Crippen molar-refractivity contribution in [3.05, 3.63) is 72.9 Å². The molecule has 0 fully saturated rings. The van der Waals surface area contributed by atoms with Crippen LogP contribution in [0, 0.1) is 0 Å². The molecule has 0 aromatic heterocycles. The summed E-state index contributed by atoms with van der Waals surface area (Å²) < 4.78 is 17.4. The minimum atomic E-state index is -0.547. The number of esters is 2. The molecule has 5 heteroatoms. The van der Waals surface area contributed by atoms with E-state index in [0.717, 1.165) is 89.9 Å². The van der Waals surface area contributed by atoms with Gasteiger partial charge in [-0.05, 0) is 89.9 Å². The second-order valence-electron chi connectivity index (χ2n) is 17.4. The zero-order valence-corrected chi connectivity index (χ0v) is 41.1. The Morgan fingerprint density at radius 3 is 1.19 bits per heavy atom. The van der Waals surface area contributed by atoms with Gasteiger partial charge in [0.15, 0.2) is 6.10 Å². The summed E-state index contributed by atoms with van der Waals surface area (Å²) in [5.74, 6) is -0.424. The molecule has 5 nitrogen and oxygen atoms in total. The van der Waals surface area contributed by atoms with Crippen LogP contribution in [0.25, 0.3) is 0 Å². The van der Waals surface area contributed by atoms with Crippen molar-refractivity contribution < 1.29 is 23.8 Å². The fraction of sp³-hybridized carbons (Fsp3) is 0.754. The van der Waals surface area contributed by atoms with E-state index in [1.165, 1.54) is 128 Å². The first-order chi connectivity index (χ1) is 30.6. The lowest BCUT2D eigenvalue weighted by atomic mass is 10.1. The molecule has 0 saturated carbocycles. The first-order valence-electron chi connectivity index (χ1n) is 26.5. The van der Waals surface area contributed by atoms with Gasteiger partial charge in [0, 0.05) is 19.4 Å². The largest absolute Gasteiger partial charge is 0.462 e. The van der Waals surface area contributed by atoms with Gasteiger partial charge in [0.05, 0.1) is 6.61 Å². The molecule has 0 aliphatic carbocycles. The van der Waals surface area contributed by atoms with Crippen molar-refractivity contribution in [2.24, 2.45) is 0 Å². The average Bonchev–Trinajstić information content (AvgIpc) is 3.27. The van der Waals surface area contributed by atoms with Gasteiger partial charge in [0.2, 0.25) is 0 Å². The summed E-state index contributed by atoms with van der Waals surface area (Å²) in [6.45, 7) is 7.66. The maximum absolute atomic E-state index is 12.7. The highest BCUT2D eigenvalue weighted by atomic mass is 16.6. The Morgan fingerprint density at radius 1 is 0.371 bits per heavy atom. The minimum Gasteiger partial charge on any atom is -0.462 e. The van der Waals surface area contributed by atoms with Crippen LogP contribution in [0.1, 0.15) is 252 Å². The van der Waals surface area contributed by atoms with Crippen LogP contribution in [0.15, 0.2) is 72.9 Å². The molecule has 1 atom stereocenters. The predicted octanol–water partition coefficient (Wildman–Crippen LogP) is 17.9. The van der Waals surface area contributed by atoms with Crippen molar-refractivity contribution in [1.82, 2.24) is 0 Å². The first kappa shape index (κ1) is 59.3. The zero-order valence-electron chi connectivity index (χ0n) is 41.1. The van der Waals surface area contributed by atoms with E-state index in [2.05, 4.69) is 93.7 Å². The molecule has 0 rings (SSSR count). The van der Waals surface area contributed by atoms with Crippen LogP contribution in [0.5, 0.6) is 0 Å². The number of carbonyl (C=O) groups is 2. The highest BCUT2D eigenvalue weighted by molar-refractivity contribution is 5.70. The third-order valence-electron chi connectivity index (χ3n) is 11.2. The van der Waals surface area contributed by atoms with Gasteiger partial charge in [0.25, 0.3) is 0 Å². The molecular formula is C57H100O5. The maximum Gasteiger partial charge on any atom is 0.306 e. The molecular weight excluding hydrogens is 765 g/mol. The van der Waals surface area contributed by atoms with E-state index in [1.807, 2.05) is 0 Å². The second-order valence-corrected chi connectivity index (χ2v) is 17.4. The van der Waals surface area contributed by atoms with Crippen molar-refractivity contribution in [2.45, 2.75) is 258 Å². The van der Waals surface area contributed by atoms with Crippen LogP contribution >= 0.6 is 0 Å². The van der Waals surface area contributed by atoms with Crippen molar-refractivity contribution in [1.29, 1.82) is 0 Å². The summed E-state index contributed by atoms with van der Waals surface area (Å²) in [5.41, 5.74) is 0. The molecule has 0 aliphatic rings. The van der Waals surface area contributed by atoms with Gasteiger partial charge in [-0.1, -0.05) is 222 Å². The van der Waals surface area contributed by atoms with Crippen molar-refractivity contribution >= 4 is 11.9 Å². The summed E-state index contributed by atoms with van der Waals surface area (Å²) in [7, 11) is 0. The molecule has 1 unspecified atom stereocenters. The number of unbranched alkanes of at least 4 members (excludes halogenated alkanes) is 25. The van der Waals surface area contributed by atoms with E-state index >= 15 is 0 Å². The van der Waals surface area contributed by atoms with Crippen LogP contribution in [0.2, 0.25) is 0 Å². The van der Waals surface area contributed by atoms with E-state index in [9.17, 15) is 9.59 Å². The van der Waals surface area contributed by atoms with E-state index in [0.29, 0.717) is 19.4 Å². The van der Waals surface area contributed by atoms with Crippen LogP contribution in [0.3, 0.4) is 0 Å². The summed E-state index contributed by atoms with van der Waals surface area (Å²) >= 11 is 0. The first-order valence-corrected chi connectivity index (χ1v) is 26.5. The number of hydrogen-bond donors (Lipinski definition) is 0. The van der Waals surface area contributed by atoms with Gasteiger partial charge in [-0.2, -0.15) is 0 Å². The molecule has 0 aromatic carbocycles. The van der Waals surface area contributed by atoms with Crippen molar-refractivity contribution in [2.75, 3.05) is 19.8 Å². The van der Waals surface area contributed by atoms with Crippen LogP contribution in [0.4, 0.5) is 0 Å². The second kappa shape index (κ2) is 52.7. The van der Waals surface area contributed by atoms with Crippen LogP contribution in [-0.4, -0.2) is 37.9 Å². The topological polar surface area (TPSA) is 61.8 Å². The summed E-state index contributed by atoms with van der Waals surface area (Å²) in [6, 6.07) is 0. The van der Waals surface area contributed by atoms with Gasteiger partial charge in [-0.25, -0.2) is 0 Å². The Morgan fingerprint density at radius 2 is 0.726 bits per heavy atom. The van der Waals surface area contributed by atoms with Gasteiger partial charge < -0.3 is 14.2 Å². The molecule has 0 aromatic rings. The molecule has 358 valence electrons. The highest BCUT2D eigenvalue weighted by Crippen LogP contribution is 2.14. The number of allylic oxidation sites excluding steroid dienone is 12. The SMILES string of the molecule is CC/C=C\C/C=C\C/C=C\C/C=C\CCCCCCC(=O)OCC(COCCCCCCCCCCCC/C=C\C/C=C\CCCCC)OC(=O)CCCCCCCCCCC. The lowest BCUT2D eigenvalue weighted by molar-refractivity contribution is -0.163. The van der Waals surface area contributed by atoms with Crippen molar-refractivity contribution in [3.8, 4) is 0 Å². The smallest absolute Gasteiger partial charge is 0.306 e. The van der Waals surface area contributed by atoms with E-state index in [4.69, 9.17) is 14.2 Å². The van der Waals surface area contributed by atoms with Gasteiger partial charge >= 0.3 is 11.9 Å². The Bertz CT molecular complexity index is 1110. The fourth-order valence-electron chi connectivity index (χ4n) is 7.30. The van der Waals surface area contributed by atoms with E-state index in [-0.39, 0.29) is 25.2 Å². The fourth-order valence-corrected chi connectivity index (χ4v) is 7.30. The Hall–Kier alpha value is -2.66. The minimum absolute atomic E-state index is 0.0711. The normalized spacial score (nSPS) is 12.8. The molecule has 0 N–H and O–H groups in total. The molecule has 62 heavy (non-hydrogen) atoms. The highest BCUT2D eigenvalue weighted by Gasteiger charge is 2.17. The summed E-state index contributed by atoms with van der Waals surface area (Å²) in [6.07, 6.45) is 67.7. The number of carbonyl (C=O) groups excluding carboxylic acids is 2. The Balaban J connectivity index is 4.20. The Kier molecular flexibility index (Phi) is 50.4. The molecule has 0 heterocycles. The quantitative estimate of drug-likeness (QED) is 0.0346. The third kappa shape index (κ3) is 50.0. The van der Waals surface area contributed by atoms with Gasteiger partial charge in [0.1, 0.15) is 6.61 Å². The van der Waals surface area contributed by atoms with E-state index < -0.39 is 6.10 Å². The van der Waals surface area contributed by atoms with E-state index in [1.54, 1.807) is 0 Å². The zero-order chi connectivity index (χ0) is 44.9. The summed E-state index contributed by atoms with van der Waals surface area (Å²) in [4.78, 5) is 25.3. The number of hydrogen-bond acceptors (Lipinski definition) is 5. The molecule has 0 aliphatic heterocycles. The lowest BCUT2D eigenvalue weighted by Gasteiger charge is -2.18. The lowest BCUT2D eigenvalue weighted by Crippen LogP contribution is -2.30. The standard InChI is InChI=1S/C57H100O5/c1-4-7-10-13-16-19-21-23-25-27-28-29-31-33-35-37-40-43-46-49-52-60-53-55(62-57(59)51-48-45-42-38-18-15-12-9-6-3)54-61-56(58)50-47-44-41-39-36-34-32-30-26-24-22-20-17-14-11-8-5-2/h8,11,16-17,19-20,23-26,32,34,55H,4-7,9-10,12-15,18,21-22,27-31,33,35-54H2,1-3H3/b11-8-,19-16-,20-17-,25-23-,26-24-,34-32-. The third-order valence-corrected chi connectivity index (χ3v) is 11.2. The molecule has 0 amide bonds. The maximum atomic E-state index is 12.7. The molecule has 0 bridgehead atoms. The van der Waals surface area contributed by atoms with Gasteiger partial charge in [-0.3, -0.25) is 9.59 Å². The van der Waals surface area contributed by atoms with Gasteiger partial charge in [-0.15, -0.1) is 0 Å². The summed E-state index contributed by atoms with van der Waals surface area (Å²) in [5, 5.41) is 0. The molecule has 0 spiro atoms.